The molecule has 57 heavy (non-hydrogen) atoms. The third-order valence-electron chi connectivity index (χ3n) is 11.7. The van der Waals surface area contributed by atoms with Crippen LogP contribution in [-0.4, -0.2) is 4.98 Å². The summed E-state index contributed by atoms with van der Waals surface area (Å²) in [6.45, 7) is 4.72. The van der Waals surface area contributed by atoms with Gasteiger partial charge >= 0.3 is 0 Å². The van der Waals surface area contributed by atoms with Gasteiger partial charge in [0.25, 0.3) is 0 Å². The van der Waals surface area contributed by atoms with E-state index >= 15 is 0 Å². The molecule has 0 saturated heterocycles. The van der Waals surface area contributed by atoms with Crippen LogP contribution in [0.25, 0.3) is 89.3 Å². The van der Waals surface area contributed by atoms with Crippen molar-refractivity contribution in [2.75, 3.05) is 0 Å². The highest BCUT2D eigenvalue weighted by Gasteiger charge is 2.36. The Labute approximate surface area is 335 Å². The summed E-state index contributed by atoms with van der Waals surface area (Å²) in [5.41, 5.74) is 21.5. The van der Waals surface area contributed by atoms with Gasteiger partial charge in [0.2, 0.25) is 0 Å². The Hall–Kier alpha value is -7.09. The molecule has 0 N–H and O–H groups in total. The van der Waals surface area contributed by atoms with Crippen molar-refractivity contribution in [3.05, 3.63) is 223 Å². The van der Waals surface area contributed by atoms with Crippen LogP contribution in [0, 0.1) is 0 Å². The van der Waals surface area contributed by atoms with Crippen LogP contribution in [0.5, 0.6) is 0 Å². The lowest BCUT2D eigenvalue weighted by Crippen LogP contribution is -2.15. The molecule has 10 rings (SSSR count). The van der Waals surface area contributed by atoms with Gasteiger partial charge in [0.15, 0.2) is 0 Å². The van der Waals surface area contributed by atoms with Gasteiger partial charge in [-0.15, -0.1) is 0 Å². The molecule has 0 fully saturated rings. The molecule has 1 heteroatoms. The molecule has 1 nitrogen and oxygen atoms in total. The van der Waals surface area contributed by atoms with Crippen molar-refractivity contribution >= 4 is 0 Å². The second-order valence-electron chi connectivity index (χ2n) is 15.6. The fourth-order valence-corrected chi connectivity index (χ4v) is 8.63. The summed E-state index contributed by atoms with van der Waals surface area (Å²) >= 11 is 0. The second kappa shape index (κ2) is 14.2. The van der Waals surface area contributed by atoms with Gasteiger partial charge < -0.3 is 0 Å². The number of pyridine rings is 1. The van der Waals surface area contributed by atoms with Crippen molar-refractivity contribution in [1.82, 2.24) is 4.98 Å². The maximum absolute atomic E-state index is 5.20. The predicted octanol–water partition coefficient (Wildman–Crippen LogP) is 15.1. The van der Waals surface area contributed by atoms with Gasteiger partial charge in [-0.3, -0.25) is 0 Å². The van der Waals surface area contributed by atoms with E-state index in [2.05, 4.69) is 226 Å². The SMILES string of the molecule is CC1(C)c2ccccc2-c2cc(-c3ccc(-c4ccccc4)cc3)c(-c3ccc(-c4cccc(-c5cc(-c6ccccc6)cc(-c6ccccc6)n5)c4)cc3)cc21. The fourth-order valence-electron chi connectivity index (χ4n) is 8.63. The van der Waals surface area contributed by atoms with E-state index in [0.717, 1.165) is 33.6 Å². The highest BCUT2D eigenvalue weighted by molar-refractivity contribution is 5.93. The van der Waals surface area contributed by atoms with Crippen LogP contribution >= 0.6 is 0 Å². The monoisotopic (exact) mass is 727 g/mol. The number of hydrogen-bond donors (Lipinski definition) is 0. The van der Waals surface area contributed by atoms with Gasteiger partial charge in [-0.25, -0.2) is 4.98 Å². The number of hydrogen-bond acceptors (Lipinski definition) is 1. The molecule has 9 aromatic rings. The molecule has 1 heterocycles. The minimum atomic E-state index is -0.0943. The molecule has 0 bridgehead atoms. The maximum atomic E-state index is 5.20. The van der Waals surface area contributed by atoms with Crippen LogP contribution in [-0.2, 0) is 5.41 Å². The van der Waals surface area contributed by atoms with Crippen LogP contribution in [0.1, 0.15) is 25.0 Å². The van der Waals surface area contributed by atoms with Gasteiger partial charge in [-0.2, -0.15) is 0 Å². The molecule has 1 aliphatic rings. The Morgan fingerprint density at radius 2 is 0.702 bits per heavy atom. The molecule has 0 atom stereocenters. The van der Waals surface area contributed by atoms with E-state index in [1.165, 1.54) is 66.8 Å². The standard InChI is InChI=1S/C56H41N/c1-56(2)52-24-13-12-23-48(52)51-36-49(42-29-25-40(26-30-42)38-15-6-3-7-16-38)50(37-53(51)56)43-31-27-41(28-32-43)45-21-14-22-46(33-45)55-35-47(39-17-8-4-9-18-39)34-54(57-55)44-19-10-5-11-20-44/h3-37H,1-2H3. The summed E-state index contributed by atoms with van der Waals surface area (Å²) in [7, 11) is 0. The molecule has 0 spiro atoms. The Kier molecular flexibility index (Phi) is 8.57. The average Bonchev–Trinajstić information content (AvgIpc) is 3.51. The second-order valence-corrected chi connectivity index (χ2v) is 15.6. The topological polar surface area (TPSA) is 12.9 Å². The first-order chi connectivity index (χ1) is 28.0. The zero-order valence-corrected chi connectivity index (χ0v) is 32.2. The Bertz CT molecular complexity index is 2810. The highest BCUT2D eigenvalue weighted by atomic mass is 14.7. The summed E-state index contributed by atoms with van der Waals surface area (Å²) in [5, 5.41) is 0. The van der Waals surface area contributed by atoms with Crippen molar-refractivity contribution in [1.29, 1.82) is 0 Å². The van der Waals surface area contributed by atoms with Gasteiger partial charge in [0, 0.05) is 16.5 Å². The van der Waals surface area contributed by atoms with E-state index in [-0.39, 0.29) is 5.41 Å². The van der Waals surface area contributed by atoms with E-state index in [1.807, 2.05) is 0 Å². The Morgan fingerprint density at radius 3 is 1.33 bits per heavy atom. The lowest BCUT2D eigenvalue weighted by Gasteiger charge is -2.23. The predicted molar refractivity (Wildman–Crippen MR) is 240 cm³/mol. The molecule has 270 valence electrons. The average molecular weight is 728 g/mol. The van der Waals surface area contributed by atoms with Crippen LogP contribution in [0.4, 0.5) is 0 Å². The normalized spacial score (nSPS) is 12.5. The first kappa shape index (κ1) is 34.4. The lowest BCUT2D eigenvalue weighted by molar-refractivity contribution is 0.660. The number of nitrogens with zero attached hydrogens (tertiary/aromatic N) is 1. The molecule has 0 amide bonds. The van der Waals surface area contributed by atoms with Crippen LogP contribution in [0.2, 0.25) is 0 Å². The molecule has 0 aliphatic heterocycles. The molecule has 1 aliphatic carbocycles. The molecule has 8 aromatic carbocycles. The van der Waals surface area contributed by atoms with Crippen molar-refractivity contribution in [3.63, 3.8) is 0 Å². The summed E-state index contributed by atoms with van der Waals surface area (Å²) in [6, 6.07) is 76.9. The van der Waals surface area contributed by atoms with Gasteiger partial charge in [0.1, 0.15) is 0 Å². The van der Waals surface area contributed by atoms with Gasteiger partial charge in [0.05, 0.1) is 11.4 Å². The summed E-state index contributed by atoms with van der Waals surface area (Å²) in [5.74, 6) is 0. The minimum Gasteiger partial charge on any atom is -0.248 e. The highest BCUT2D eigenvalue weighted by Crippen LogP contribution is 2.52. The molecule has 1 aromatic heterocycles. The molecular formula is C56H41N. The number of fused-ring (bicyclic) bond motifs is 3. The number of aromatic nitrogens is 1. The van der Waals surface area contributed by atoms with E-state index in [4.69, 9.17) is 4.98 Å². The third kappa shape index (κ3) is 6.38. The molecular weight excluding hydrogens is 687 g/mol. The van der Waals surface area contributed by atoms with Crippen LogP contribution < -0.4 is 0 Å². The zero-order chi connectivity index (χ0) is 38.3. The van der Waals surface area contributed by atoms with E-state index in [1.54, 1.807) is 0 Å². The summed E-state index contributed by atoms with van der Waals surface area (Å²) < 4.78 is 0. The summed E-state index contributed by atoms with van der Waals surface area (Å²) in [6.07, 6.45) is 0. The summed E-state index contributed by atoms with van der Waals surface area (Å²) in [4.78, 5) is 5.20. The van der Waals surface area contributed by atoms with Crippen molar-refractivity contribution < 1.29 is 0 Å². The van der Waals surface area contributed by atoms with E-state index in [0.29, 0.717) is 0 Å². The largest absolute Gasteiger partial charge is 0.248 e. The quantitative estimate of drug-likeness (QED) is 0.159. The fraction of sp³-hybridized carbons (Fsp3) is 0.0536. The lowest BCUT2D eigenvalue weighted by atomic mass is 9.80. The number of rotatable bonds is 7. The molecule has 0 unspecified atom stereocenters. The Morgan fingerprint density at radius 1 is 0.263 bits per heavy atom. The van der Waals surface area contributed by atoms with Crippen molar-refractivity contribution in [2.45, 2.75) is 19.3 Å². The number of benzene rings is 8. The Balaban J connectivity index is 1.04. The van der Waals surface area contributed by atoms with Gasteiger partial charge in [-0.05, 0) is 108 Å². The first-order valence-corrected chi connectivity index (χ1v) is 19.8. The minimum absolute atomic E-state index is 0.0943. The third-order valence-corrected chi connectivity index (χ3v) is 11.7. The van der Waals surface area contributed by atoms with Crippen molar-refractivity contribution in [3.8, 4) is 89.3 Å². The molecule has 0 saturated carbocycles. The van der Waals surface area contributed by atoms with Gasteiger partial charge in [-0.1, -0.05) is 196 Å². The van der Waals surface area contributed by atoms with Crippen LogP contribution in [0.15, 0.2) is 212 Å². The van der Waals surface area contributed by atoms with Crippen LogP contribution in [0.3, 0.4) is 0 Å². The van der Waals surface area contributed by atoms with Crippen molar-refractivity contribution in [2.24, 2.45) is 0 Å². The molecule has 0 radical (unpaired) electrons. The maximum Gasteiger partial charge on any atom is 0.0715 e. The van der Waals surface area contributed by atoms with E-state index in [9.17, 15) is 0 Å². The zero-order valence-electron chi connectivity index (χ0n) is 32.2. The first-order valence-electron chi connectivity index (χ1n) is 19.8. The van der Waals surface area contributed by atoms with E-state index < -0.39 is 0 Å². The smallest absolute Gasteiger partial charge is 0.0715 e.